The summed E-state index contributed by atoms with van der Waals surface area (Å²) in [5.74, 6) is 1.64. The maximum Gasteiger partial charge on any atom is 0.301 e. The molecule has 0 aliphatic heterocycles. The average molecular weight is 407 g/mol. The summed E-state index contributed by atoms with van der Waals surface area (Å²) in [6.45, 7) is 0. The zero-order valence-electron chi connectivity index (χ0n) is 16.5. The van der Waals surface area contributed by atoms with Gasteiger partial charge in [0.2, 0.25) is 5.75 Å². The van der Waals surface area contributed by atoms with Gasteiger partial charge in [0.25, 0.3) is 0 Å². The van der Waals surface area contributed by atoms with Crippen molar-refractivity contribution in [2.45, 2.75) is 0 Å². The van der Waals surface area contributed by atoms with Crippen LogP contribution in [0.4, 0.5) is 11.4 Å². The summed E-state index contributed by atoms with van der Waals surface area (Å²) in [7, 11) is 4.04. The van der Waals surface area contributed by atoms with Crippen molar-refractivity contribution in [2.24, 2.45) is 0 Å². The molecule has 2 rings (SSSR count). The number of nitrogens with zero attached hydrogens (tertiary/aromatic N) is 1. The van der Waals surface area contributed by atoms with Crippen LogP contribution in [0.1, 0.15) is 5.56 Å². The van der Waals surface area contributed by atoms with Crippen LogP contribution in [0, 0.1) is 0 Å². The molecule has 9 heteroatoms. The largest absolute Gasteiger partial charge is 0.493 e. The van der Waals surface area contributed by atoms with Crippen LogP contribution in [-0.4, -0.2) is 48.1 Å². The van der Waals surface area contributed by atoms with Crippen LogP contribution < -0.4 is 24.2 Å². The minimum absolute atomic E-state index is 0.458. The Hall–Kier alpha value is -2.91. The van der Waals surface area contributed by atoms with Gasteiger partial charge in [-0.05, 0) is 42.0 Å². The van der Waals surface area contributed by atoms with Gasteiger partial charge in [-0.3, -0.25) is 4.72 Å². The highest BCUT2D eigenvalue weighted by atomic mass is 32.2. The first-order valence-electron chi connectivity index (χ1n) is 8.34. The Morgan fingerprint density at radius 2 is 1.54 bits per heavy atom. The predicted octanol–water partition coefficient (Wildman–Crippen LogP) is 3.01. The average Bonchev–Trinajstić information content (AvgIpc) is 2.67. The summed E-state index contributed by atoms with van der Waals surface area (Å²) in [5, 5.41) is 3.11. The second-order valence-corrected chi connectivity index (χ2v) is 7.79. The van der Waals surface area contributed by atoms with Gasteiger partial charge in [-0.15, -0.1) is 0 Å². The molecule has 0 saturated heterocycles. The van der Waals surface area contributed by atoms with E-state index in [0.717, 1.165) is 15.6 Å². The topological polar surface area (TPSA) is 89.1 Å². The number of benzene rings is 2. The molecule has 2 aromatic carbocycles. The van der Waals surface area contributed by atoms with Crippen molar-refractivity contribution in [2.75, 3.05) is 45.5 Å². The minimum atomic E-state index is -3.56. The highest BCUT2D eigenvalue weighted by Gasteiger charge is 2.13. The van der Waals surface area contributed by atoms with E-state index in [2.05, 4.69) is 10.0 Å². The van der Waals surface area contributed by atoms with Gasteiger partial charge in [0.05, 0.1) is 27.0 Å². The fourth-order valence-electron chi connectivity index (χ4n) is 2.34. The second-order valence-electron chi connectivity index (χ2n) is 5.91. The van der Waals surface area contributed by atoms with Gasteiger partial charge >= 0.3 is 10.2 Å². The van der Waals surface area contributed by atoms with Gasteiger partial charge in [0, 0.05) is 26.0 Å². The van der Waals surface area contributed by atoms with Crippen LogP contribution >= 0.6 is 0 Å². The lowest BCUT2D eigenvalue weighted by Crippen LogP contribution is -2.28. The number of rotatable bonds is 9. The molecule has 0 aliphatic carbocycles. The first kappa shape index (κ1) is 21.4. The van der Waals surface area contributed by atoms with Crippen molar-refractivity contribution in [3.63, 3.8) is 0 Å². The first-order chi connectivity index (χ1) is 13.3. The SMILES string of the molecule is COc1cc(/C=C/Nc2cccc(NS(=O)(=O)N(C)C)c2)cc(OC)c1OC. The first-order valence-corrected chi connectivity index (χ1v) is 9.78. The Balaban J connectivity index is 2.16. The number of anilines is 2. The zero-order valence-corrected chi connectivity index (χ0v) is 17.3. The monoisotopic (exact) mass is 407 g/mol. The van der Waals surface area contributed by atoms with Gasteiger partial charge in [0.1, 0.15) is 0 Å². The minimum Gasteiger partial charge on any atom is -0.493 e. The third-order valence-electron chi connectivity index (χ3n) is 3.80. The lowest BCUT2D eigenvalue weighted by atomic mass is 10.1. The second kappa shape index (κ2) is 9.34. The van der Waals surface area contributed by atoms with Crippen molar-refractivity contribution in [1.82, 2.24) is 4.31 Å². The van der Waals surface area contributed by atoms with E-state index in [1.165, 1.54) is 14.1 Å². The molecule has 0 heterocycles. The number of nitrogens with one attached hydrogen (secondary N) is 2. The van der Waals surface area contributed by atoms with E-state index in [4.69, 9.17) is 14.2 Å². The Morgan fingerprint density at radius 1 is 0.929 bits per heavy atom. The van der Waals surface area contributed by atoms with Gasteiger partial charge in [-0.25, -0.2) is 0 Å². The van der Waals surface area contributed by atoms with Crippen molar-refractivity contribution in [3.8, 4) is 17.2 Å². The summed E-state index contributed by atoms with van der Waals surface area (Å²) >= 11 is 0. The van der Waals surface area contributed by atoms with E-state index >= 15 is 0 Å². The predicted molar refractivity (Wildman–Crippen MR) is 111 cm³/mol. The van der Waals surface area contributed by atoms with E-state index in [1.807, 2.05) is 24.3 Å². The van der Waals surface area contributed by atoms with E-state index in [9.17, 15) is 8.42 Å². The Labute approximate surface area is 165 Å². The third kappa shape index (κ3) is 5.30. The number of ether oxygens (including phenoxy) is 3. The summed E-state index contributed by atoms with van der Waals surface area (Å²) in [6.07, 6.45) is 3.57. The van der Waals surface area contributed by atoms with Crippen molar-refractivity contribution in [3.05, 3.63) is 48.2 Å². The van der Waals surface area contributed by atoms with Gasteiger partial charge in [-0.2, -0.15) is 12.7 Å². The van der Waals surface area contributed by atoms with Crippen LogP contribution in [0.5, 0.6) is 17.2 Å². The molecule has 2 aromatic rings. The molecule has 8 nitrogen and oxygen atoms in total. The summed E-state index contributed by atoms with van der Waals surface area (Å²) in [4.78, 5) is 0. The Kier molecular flexibility index (Phi) is 7.13. The molecule has 0 atom stereocenters. The Bertz CT molecular complexity index is 917. The van der Waals surface area contributed by atoms with E-state index in [1.54, 1.807) is 45.7 Å². The molecule has 2 N–H and O–H groups in total. The van der Waals surface area contributed by atoms with E-state index in [-0.39, 0.29) is 0 Å². The normalized spacial score (nSPS) is 11.5. The van der Waals surface area contributed by atoms with Crippen LogP contribution in [-0.2, 0) is 10.2 Å². The molecule has 28 heavy (non-hydrogen) atoms. The molecular weight excluding hydrogens is 382 g/mol. The molecule has 0 bridgehead atoms. The number of hydrogen-bond donors (Lipinski definition) is 2. The molecule has 0 aliphatic rings. The molecule has 0 unspecified atom stereocenters. The van der Waals surface area contributed by atoms with Crippen LogP contribution in [0.15, 0.2) is 42.6 Å². The quantitative estimate of drug-likeness (QED) is 0.664. The fraction of sp³-hybridized carbons (Fsp3) is 0.263. The standard InChI is InChI=1S/C19H25N3O5S/c1-22(2)28(23,24)21-16-8-6-7-15(13-16)20-10-9-14-11-17(25-3)19(27-5)18(12-14)26-4/h6-13,20-21H,1-5H3/b10-9+. The lowest BCUT2D eigenvalue weighted by molar-refractivity contribution is 0.324. The molecule has 0 amide bonds. The Morgan fingerprint density at radius 3 is 2.07 bits per heavy atom. The number of methoxy groups -OCH3 is 3. The smallest absolute Gasteiger partial charge is 0.301 e. The molecule has 0 radical (unpaired) electrons. The highest BCUT2D eigenvalue weighted by Crippen LogP contribution is 2.38. The van der Waals surface area contributed by atoms with Crippen LogP contribution in [0.3, 0.4) is 0 Å². The van der Waals surface area contributed by atoms with Crippen molar-refractivity contribution in [1.29, 1.82) is 0 Å². The maximum absolute atomic E-state index is 11.9. The number of hydrogen-bond acceptors (Lipinski definition) is 6. The van der Waals surface area contributed by atoms with Gasteiger partial charge in [0.15, 0.2) is 11.5 Å². The van der Waals surface area contributed by atoms with Crippen molar-refractivity contribution >= 4 is 27.7 Å². The zero-order chi connectivity index (χ0) is 20.7. The third-order valence-corrected chi connectivity index (χ3v) is 5.26. The molecule has 0 spiro atoms. The molecular formula is C19H25N3O5S. The molecule has 0 saturated carbocycles. The summed E-state index contributed by atoms with van der Waals surface area (Å²) in [5.41, 5.74) is 2.02. The maximum atomic E-state index is 11.9. The summed E-state index contributed by atoms with van der Waals surface area (Å²) in [6, 6.07) is 10.6. The van der Waals surface area contributed by atoms with E-state index in [0.29, 0.717) is 22.9 Å². The molecule has 152 valence electrons. The van der Waals surface area contributed by atoms with Crippen LogP contribution in [0.25, 0.3) is 6.08 Å². The fourth-order valence-corrected chi connectivity index (χ4v) is 2.95. The molecule has 0 aromatic heterocycles. The molecule has 0 fully saturated rings. The summed E-state index contributed by atoms with van der Waals surface area (Å²) < 4.78 is 43.4. The van der Waals surface area contributed by atoms with E-state index < -0.39 is 10.2 Å². The van der Waals surface area contributed by atoms with Gasteiger partial charge in [-0.1, -0.05) is 6.07 Å². The van der Waals surface area contributed by atoms with Gasteiger partial charge < -0.3 is 19.5 Å². The van der Waals surface area contributed by atoms with Crippen LogP contribution in [0.2, 0.25) is 0 Å². The van der Waals surface area contributed by atoms with Crippen molar-refractivity contribution < 1.29 is 22.6 Å². The lowest BCUT2D eigenvalue weighted by Gasteiger charge is -2.14. The highest BCUT2D eigenvalue weighted by molar-refractivity contribution is 7.90.